The SMILES string of the molecule is CCN(CC)C(c1ccccc1)C(c1ccccc1)N(CC)CC. The fourth-order valence-corrected chi connectivity index (χ4v) is 3.72. The zero-order valence-corrected chi connectivity index (χ0v) is 15.7. The fourth-order valence-electron chi connectivity index (χ4n) is 3.72. The number of benzene rings is 2. The van der Waals surface area contributed by atoms with Crippen LogP contribution in [-0.2, 0) is 0 Å². The van der Waals surface area contributed by atoms with Crippen LogP contribution >= 0.6 is 0 Å². The van der Waals surface area contributed by atoms with E-state index in [1.54, 1.807) is 0 Å². The maximum absolute atomic E-state index is 2.59. The van der Waals surface area contributed by atoms with Gasteiger partial charge in [0.1, 0.15) is 0 Å². The lowest BCUT2D eigenvalue weighted by molar-refractivity contribution is 0.0889. The van der Waals surface area contributed by atoms with Crippen molar-refractivity contribution in [2.45, 2.75) is 39.8 Å². The third kappa shape index (κ3) is 4.25. The van der Waals surface area contributed by atoms with Gasteiger partial charge in [-0.2, -0.15) is 0 Å². The molecule has 24 heavy (non-hydrogen) atoms. The van der Waals surface area contributed by atoms with E-state index in [2.05, 4.69) is 98.2 Å². The first-order valence-electron chi connectivity index (χ1n) is 9.34. The molecule has 2 atom stereocenters. The minimum absolute atomic E-state index is 0.364. The van der Waals surface area contributed by atoms with E-state index in [1.165, 1.54) is 11.1 Å². The van der Waals surface area contributed by atoms with Crippen molar-refractivity contribution in [1.82, 2.24) is 9.80 Å². The summed E-state index contributed by atoms with van der Waals surface area (Å²) in [5.41, 5.74) is 2.81. The lowest BCUT2D eigenvalue weighted by atomic mass is 9.90. The van der Waals surface area contributed by atoms with Gasteiger partial charge in [-0.15, -0.1) is 0 Å². The Morgan fingerprint density at radius 3 is 1.08 bits per heavy atom. The molecule has 0 aliphatic carbocycles. The summed E-state index contributed by atoms with van der Waals surface area (Å²) in [7, 11) is 0. The van der Waals surface area contributed by atoms with E-state index in [9.17, 15) is 0 Å². The molecule has 2 aromatic carbocycles. The molecular formula is C22H32N2. The van der Waals surface area contributed by atoms with Gasteiger partial charge in [-0.05, 0) is 37.3 Å². The molecule has 0 saturated heterocycles. The molecule has 0 N–H and O–H groups in total. The molecule has 0 saturated carbocycles. The van der Waals surface area contributed by atoms with E-state index >= 15 is 0 Å². The lowest BCUT2D eigenvalue weighted by Gasteiger charge is -2.42. The molecule has 2 heteroatoms. The van der Waals surface area contributed by atoms with E-state index in [0.29, 0.717) is 12.1 Å². The Kier molecular flexibility index (Phi) is 7.48. The predicted octanol–water partition coefficient (Wildman–Crippen LogP) is 5.15. The minimum Gasteiger partial charge on any atom is -0.295 e. The van der Waals surface area contributed by atoms with E-state index < -0.39 is 0 Å². The second-order valence-electron chi connectivity index (χ2n) is 6.15. The molecule has 2 aromatic rings. The molecule has 2 rings (SSSR count). The minimum atomic E-state index is 0.364. The Labute approximate surface area is 148 Å². The molecular weight excluding hydrogens is 292 g/mol. The van der Waals surface area contributed by atoms with Crippen LogP contribution in [0, 0.1) is 0 Å². The summed E-state index contributed by atoms with van der Waals surface area (Å²) in [5.74, 6) is 0. The first-order valence-corrected chi connectivity index (χ1v) is 9.34. The van der Waals surface area contributed by atoms with Crippen molar-refractivity contribution in [2.24, 2.45) is 0 Å². The quantitative estimate of drug-likeness (QED) is 0.629. The van der Waals surface area contributed by atoms with Gasteiger partial charge in [0, 0.05) is 0 Å². The third-order valence-corrected chi connectivity index (χ3v) is 4.99. The summed E-state index contributed by atoms with van der Waals surface area (Å²) >= 11 is 0. The molecule has 0 heterocycles. The molecule has 2 nitrogen and oxygen atoms in total. The summed E-state index contributed by atoms with van der Waals surface area (Å²) in [6.45, 7) is 13.3. The van der Waals surface area contributed by atoms with E-state index in [-0.39, 0.29) is 0 Å². The Bertz CT molecular complexity index is 506. The van der Waals surface area contributed by atoms with E-state index in [1.807, 2.05) is 0 Å². The molecule has 0 spiro atoms. The highest BCUT2D eigenvalue weighted by atomic mass is 15.2. The van der Waals surface area contributed by atoms with Gasteiger partial charge in [0.25, 0.3) is 0 Å². The summed E-state index contributed by atoms with van der Waals surface area (Å²) in [4.78, 5) is 5.18. The number of likely N-dealkylation sites (N-methyl/N-ethyl adjacent to an activating group) is 2. The van der Waals surface area contributed by atoms with Crippen LogP contribution in [0.3, 0.4) is 0 Å². The van der Waals surface area contributed by atoms with Crippen LogP contribution in [0.1, 0.15) is 50.9 Å². The highest BCUT2D eigenvalue weighted by Gasteiger charge is 2.32. The van der Waals surface area contributed by atoms with Crippen LogP contribution in [0.15, 0.2) is 60.7 Å². The average Bonchev–Trinajstić information content (AvgIpc) is 2.66. The zero-order valence-electron chi connectivity index (χ0n) is 15.7. The summed E-state index contributed by atoms with van der Waals surface area (Å²) < 4.78 is 0. The van der Waals surface area contributed by atoms with Gasteiger partial charge >= 0.3 is 0 Å². The molecule has 0 fully saturated rings. The number of nitrogens with zero attached hydrogens (tertiary/aromatic N) is 2. The Morgan fingerprint density at radius 2 is 0.833 bits per heavy atom. The molecule has 0 amide bonds. The molecule has 0 radical (unpaired) electrons. The predicted molar refractivity (Wildman–Crippen MR) is 104 cm³/mol. The van der Waals surface area contributed by atoms with Gasteiger partial charge in [0.2, 0.25) is 0 Å². The molecule has 130 valence electrons. The van der Waals surface area contributed by atoms with Crippen LogP contribution in [0.2, 0.25) is 0 Å². The summed E-state index contributed by atoms with van der Waals surface area (Å²) in [5, 5.41) is 0. The number of hydrogen-bond donors (Lipinski definition) is 0. The lowest BCUT2D eigenvalue weighted by Crippen LogP contribution is -2.41. The molecule has 0 aromatic heterocycles. The van der Waals surface area contributed by atoms with Gasteiger partial charge in [0.05, 0.1) is 12.1 Å². The molecule has 2 unspecified atom stereocenters. The van der Waals surface area contributed by atoms with Crippen LogP contribution in [0.4, 0.5) is 0 Å². The van der Waals surface area contributed by atoms with Gasteiger partial charge in [0.15, 0.2) is 0 Å². The average molecular weight is 325 g/mol. The maximum Gasteiger partial charge on any atom is 0.0545 e. The van der Waals surface area contributed by atoms with Crippen LogP contribution in [0.25, 0.3) is 0 Å². The Hall–Kier alpha value is -1.64. The standard InChI is InChI=1S/C22H32N2/c1-5-23(6-2)21(19-15-11-9-12-16-19)22(24(7-3)8-4)20-17-13-10-14-18-20/h9-18,21-22H,5-8H2,1-4H3. The Balaban J connectivity index is 2.55. The van der Waals surface area contributed by atoms with Crippen molar-refractivity contribution in [2.75, 3.05) is 26.2 Å². The van der Waals surface area contributed by atoms with Crippen molar-refractivity contribution >= 4 is 0 Å². The van der Waals surface area contributed by atoms with E-state index in [0.717, 1.165) is 26.2 Å². The van der Waals surface area contributed by atoms with Crippen molar-refractivity contribution < 1.29 is 0 Å². The Morgan fingerprint density at radius 1 is 0.542 bits per heavy atom. The monoisotopic (exact) mass is 324 g/mol. The fraction of sp³-hybridized carbons (Fsp3) is 0.455. The second kappa shape index (κ2) is 9.61. The van der Waals surface area contributed by atoms with Gasteiger partial charge < -0.3 is 0 Å². The van der Waals surface area contributed by atoms with Crippen LogP contribution in [-0.4, -0.2) is 36.0 Å². The van der Waals surface area contributed by atoms with Crippen molar-refractivity contribution in [3.05, 3.63) is 71.8 Å². The van der Waals surface area contributed by atoms with Gasteiger partial charge in [-0.25, -0.2) is 0 Å². The molecule has 0 bridgehead atoms. The first-order chi connectivity index (χ1) is 11.8. The van der Waals surface area contributed by atoms with Gasteiger partial charge in [-0.1, -0.05) is 88.4 Å². The summed E-state index contributed by atoms with van der Waals surface area (Å²) in [6, 6.07) is 22.7. The van der Waals surface area contributed by atoms with Crippen LogP contribution < -0.4 is 0 Å². The zero-order chi connectivity index (χ0) is 17.4. The summed E-state index contributed by atoms with van der Waals surface area (Å²) in [6.07, 6.45) is 0. The third-order valence-electron chi connectivity index (χ3n) is 4.99. The largest absolute Gasteiger partial charge is 0.295 e. The first kappa shape index (κ1) is 18.7. The van der Waals surface area contributed by atoms with Crippen molar-refractivity contribution in [3.63, 3.8) is 0 Å². The maximum atomic E-state index is 2.59. The van der Waals surface area contributed by atoms with E-state index in [4.69, 9.17) is 0 Å². The molecule has 0 aliphatic heterocycles. The smallest absolute Gasteiger partial charge is 0.0545 e. The highest BCUT2D eigenvalue weighted by molar-refractivity contribution is 5.28. The second-order valence-corrected chi connectivity index (χ2v) is 6.15. The van der Waals surface area contributed by atoms with Crippen LogP contribution in [0.5, 0.6) is 0 Å². The van der Waals surface area contributed by atoms with Crippen molar-refractivity contribution in [3.8, 4) is 0 Å². The highest BCUT2D eigenvalue weighted by Crippen LogP contribution is 2.38. The normalized spacial score (nSPS) is 14.1. The van der Waals surface area contributed by atoms with Crippen molar-refractivity contribution in [1.29, 1.82) is 0 Å². The number of rotatable bonds is 9. The molecule has 0 aliphatic rings. The number of hydrogen-bond acceptors (Lipinski definition) is 2. The topological polar surface area (TPSA) is 6.48 Å². The van der Waals surface area contributed by atoms with Gasteiger partial charge in [-0.3, -0.25) is 9.80 Å².